The number of carbonyl (C=O) groups is 2. The second-order valence-corrected chi connectivity index (χ2v) is 9.57. The van der Waals surface area contributed by atoms with Gasteiger partial charge in [-0.1, -0.05) is 55.4 Å². The maximum Gasteiger partial charge on any atom is 0.341 e. The first-order valence-corrected chi connectivity index (χ1v) is 9.42. The first kappa shape index (κ1) is 22.9. The molecule has 0 radical (unpaired) electrons. The summed E-state index contributed by atoms with van der Waals surface area (Å²) in [6, 6.07) is 3.67. The summed E-state index contributed by atoms with van der Waals surface area (Å²) >= 11 is 0. The fourth-order valence-electron chi connectivity index (χ4n) is 2.67. The number of esters is 1. The summed E-state index contributed by atoms with van der Waals surface area (Å²) in [5, 5.41) is 10.8. The largest absolute Gasteiger partial charge is 0.507 e. The van der Waals surface area contributed by atoms with E-state index in [2.05, 4.69) is 0 Å². The van der Waals surface area contributed by atoms with Crippen LogP contribution in [0.3, 0.4) is 0 Å². The maximum atomic E-state index is 12.4. The van der Waals surface area contributed by atoms with Gasteiger partial charge in [0.25, 0.3) is 0 Å². The number of benzene rings is 1. The molecular formula is C23H34O4. The standard InChI is InChI=1S/C23H34O4/c1-14(2)13-27-21(26)17(15(3)24)10-16-11-18(22(4,5)6)20(25)19(12-16)23(7,8)9/h10-12,14,25H,13H2,1-9H3. The van der Waals surface area contributed by atoms with Crippen molar-refractivity contribution in [3.05, 3.63) is 34.4 Å². The van der Waals surface area contributed by atoms with Gasteiger partial charge < -0.3 is 9.84 Å². The molecule has 150 valence electrons. The third kappa shape index (κ3) is 6.23. The van der Waals surface area contributed by atoms with Crippen molar-refractivity contribution in [2.24, 2.45) is 5.92 Å². The van der Waals surface area contributed by atoms with E-state index in [-0.39, 0.29) is 40.5 Å². The second kappa shape index (κ2) is 8.28. The lowest BCUT2D eigenvalue weighted by atomic mass is 9.78. The number of hydrogen-bond acceptors (Lipinski definition) is 4. The Morgan fingerprint density at radius 3 is 1.81 bits per heavy atom. The Morgan fingerprint density at radius 2 is 1.48 bits per heavy atom. The van der Waals surface area contributed by atoms with Crippen molar-refractivity contribution in [2.75, 3.05) is 6.61 Å². The van der Waals surface area contributed by atoms with Crippen LogP contribution < -0.4 is 0 Å². The van der Waals surface area contributed by atoms with Gasteiger partial charge in [0.15, 0.2) is 5.78 Å². The molecule has 0 aliphatic heterocycles. The smallest absolute Gasteiger partial charge is 0.341 e. The van der Waals surface area contributed by atoms with E-state index in [1.807, 2.05) is 67.5 Å². The molecule has 27 heavy (non-hydrogen) atoms. The Bertz CT molecular complexity index is 706. The van der Waals surface area contributed by atoms with Gasteiger partial charge in [-0.25, -0.2) is 4.79 Å². The predicted octanol–water partition coefficient (Wildman–Crippen LogP) is 5.16. The number of phenolic OH excluding ortho intramolecular Hbond substituents is 1. The maximum absolute atomic E-state index is 12.4. The average molecular weight is 375 g/mol. The molecule has 0 saturated heterocycles. The highest BCUT2D eigenvalue weighted by Crippen LogP contribution is 2.40. The van der Waals surface area contributed by atoms with Crippen molar-refractivity contribution in [1.29, 1.82) is 0 Å². The Morgan fingerprint density at radius 1 is 1.04 bits per heavy atom. The van der Waals surface area contributed by atoms with Gasteiger partial charge in [-0.05, 0) is 47.4 Å². The van der Waals surface area contributed by atoms with E-state index in [1.165, 1.54) is 6.92 Å². The highest BCUT2D eigenvalue weighted by Gasteiger charge is 2.27. The molecule has 0 aliphatic rings. The van der Waals surface area contributed by atoms with Crippen molar-refractivity contribution in [3.8, 4) is 5.75 Å². The van der Waals surface area contributed by atoms with Crippen LogP contribution in [0.5, 0.6) is 5.75 Å². The quantitative estimate of drug-likeness (QED) is 0.335. The number of Topliss-reactive ketones (excluding diaryl/α,β-unsaturated/α-hetero) is 1. The van der Waals surface area contributed by atoms with Gasteiger partial charge in [0.2, 0.25) is 0 Å². The molecule has 0 unspecified atom stereocenters. The first-order valence-electron chi connectivity index (χ1n) is 9.42. The van der Waals surface area contributed by atoms with Gasteiger partial charge >= 0.3 is 5.97 Å². The van der Waals surface area contributed by atoms with E-state index >= 15 is 0 Å². The summed E-state index contributed by atoms with van der Waals surface area (Å²) in [7, 11) is 0. The molecule has 0 aliphatic carbocycles. The number of carbonyl (C=O) groups excluding carboxylic acids is 2. The highest BCUT2D eigenvalue weighted by molar-refractivity contribution is 6.19. The summed E-state index contributed by atoms with van der Waals surface area (Å²) in [6.07, 6.45) is 1.56. The van der Waals surface area contributed by atoms with Crippen LogP contribution >= 0.6 is 0 Å². The van der Waals surface area contributed by atoms with Gasteiger partial charge in [-0.3, -0.25) is 4.79 Å². The van der Waals surface area contributed by atoms with Crippen LogP contribution in [0, 0.1) is 5.92 Å². The summed E-state index contributed by atoms with van der Waals surface area (Å²) in [6.45, 7) is 17.6. The molecule has 0 heterocycles. The Balaban J connectivity index is 3.56. The molecule has 1 rings (SSSR count). The van der Waals surface area contributed by atoms with Gasteiger partial charge in [0.05, 0.1) is 6.61 Å². The number of aromatic hydroxyl groups is 1. The molecule has 0 atom stereocenters. The van der Waals surface area contributed by atoms with E-state index in [0.29, 0.717) is 5.56 Å². The molecule has 0 saturated carbocycles. The summed E-state index contributed by atoms with van der Waals surface area (Å²) in [5.74, 6) is -0.500. The minimum atomic E-state index is -0.612. The normalized spacial score (nSPS) is 13.0. The zero-order chi connectivity index (χ0) is 21.2. The minimum Gasteiger partial charge on any atom is -0.507 e. The molecule has 1 aromatic rings. The van der Waals surface area contributed by atoms with E-state index < -0.39 is 5.97 Å². The van der Waals surface area contributed by atoms with Gasteiger partial charge in [-0.15, -0.1) is 0 Å². The second-order valence-electron chi connectivity index (χ2n) is 9.57. The van der Waals surface area contributed by atoms with Crippen molar-refractivity contribution in [1.82, 2.24) is 0 Å². The average Bonchev–Trinajstić information content (AvgIpc) is 2.48. The molecule has 4 nitrogen and oxygen atoms in total. The van der Waals surface area contributed by atoms with Crippen LogP contribution in [0.25, 0.3) is 6.08 Å². The molecular weight excluding hydrogens is 340 g/mol. The summed E-state index contributed by atoms with van der Waals surface area (Å²) in [5.41, 5.74) is 1.69. The molecule has 0 aromatic heterocycles. The fourth-order valence-corrected chi connectivity index (χ4v) is 2.67. The zero-order valence-electron chi connectivity index (χ0n) is 18.2. The first-order chi connectivity index (χ1) is 12.1. The van der Waals surface area contributed by atoms with Gasteiger partial charge in [0, 0.05) is 11.1 Å². The number of ketones is 1. The van der Waals surface area contributed by atoms with Crippen molar-refractivity contribution >= 4 is 17.8 Å². The lowest BCUT2D eigenvalue weighted by Crippen LogP contribution is -2.18. The molecule has 0 bridgehead atoms. The van der Waals surface area contributed by atoms with Crippen LogP contribution in [0.2, 0.25) is 0 Å². The predicted molar refractivity (Wildman–Crippen MR) is 110 cm³/mol. The van der Waals surface area contributed by atoms with Crippen LogP contribution in [-0.4, -0.2) is 23.5 Å². The topological polar surface area (TPSA) is 63.6 Å². The summed E-state index contributed by atoms with van der Waals surface area (Å²) < 4.78 is 5.24. The van der Waals surface area contributed by atoms with E-state index in [0.717, 1.165) is 11.1 Å². The molecule has 0 amide bonds. The Hall–Kier alpha value is -2.10. The van der Waals surface area contributed by atoms with Crippen molar-refractivity contribution < 1.29 is 19.4 Å². The van der Waals surface area contributed by atoms with Crippen LogP contribution in [0.15, 0.2) is 17.7 Å². The van der Waals surface area contributed by atoms with E-state index in [9.17, 15) is 14.7 Å². The van der Waals surface area contributed by atoms with Crippen LogP contribution in [0.4, 0.5) is 0 Å². The molecule has 1 N–H and O–H groups in total. The zero-order valence-corrected chi connectivity index (χ0v) is 18.2. The lowest BCUT2D eigenvalue weighted by Gasteiger charge is -2.28. The third-order valence-electron chi connectivity index (χ3n) is 4.21. The lowest BCUT2D eigenvalue weighted by molar-refractivity contribution is -0.141. The van der Waals surface area contributed by atoms with Gasteiger partial charge in [-0.2, -0.15) is 0 Å². The van der Waals surface area contributed by atoms with Crippen LogP contribution in [0.1, 0.15) is 79.0 Å². The van der Waals surface area contributed by atoms with Crippen molar-refractivity contribution in [2.45, 2.75) is 73.1 Å². The number of rotatable bonds is 5. The Kier molecular flexibility index (Phi) is 7.04. The SMILES string of the molecule is CC(=O)C(=Cc1cc(C(C)(C)C)c(O)c(C(C)(C)C)c1)C(=O)OCC(C)C. The number of ether oxygens (including phenoxy) is 1. The molecule has 4 heteroatoms. The Labute approximate surface area is 163 Å². The van der Waals surface area contributed by atoms with E-state index in [1.54, 1.807) is 6.08 Å². The van der Waals surface area contributed by atoms with E-state index in [4.69, 9.17) is 4.74 Å². The van der Waals surface area contributed by atoms with Gasteiger partial charge in [0.1, 0.15) is 11.3 Å². The molecule has 0 spiro atoms. The third-order valence-corrected chi connectivity index (χ3v) is 4.21. The minimum absolute atomic E-state index is 0.0149. The fraction of sp³-hybridized carbons (Fsp3) is 0.565. The monoisotopic (exact) mass is 374 g/mol. The number of phenols is 1. The highest BCUT2D eigenvalue weighted by atomic mass is 16.5. The summed E-state index contributed by atoms with van der Waals surface area (Å²) in [4.78, 5) is 24.4. The molecule has 0 fully saturated rings. The van der Waals surface area contributed by atoms with Crippen molar-refractivity contribution in [3.63, 3.8) is 0 Å². The molecule has 1 aromatic carbocycles. The number of hydrogen-bond donors (Lipinski definition) is 1. The van der Waals surface area contributed by atoms with Crippen LogP contribution in [-0.2, 0) is 25.2 Å².